The molecule has 2 fully saturated rings. The Morgan fingerprint density at radius 3 is 2.62 bits per heavy atom. The Morgan fingerprint density at radius 2 is 2.00 bits per heavy atom. The number of nitrogens with one attached hydrogen (secondary N) is 1. The molecule has 5 unspecified atom stereocenters. The van der Waals surface area contributed by atoms with E-state index in [1.165, 1.54) is 7.11 Å². The fourth-order valence-corrected chi connectivity index (χ4v) is 2.93. The second-order valence-electron chi connectivity index (χ2n) is 6.31. The molecule has 1 amide bonds. The molecule has 3 N–H and O–H groups in total. The molecule has 138 valence electrons. The molecule has 5 atom stereocenters. The van der Waals surface area contributed by atoms with Crippen molar-refractivity contribution in [1.82, 2.24) is 5.32 Å². The van der Waals surface area contributed by atoms with Crippen molar-refractivity contribution in [3.8, 4) is 0 Å². The highest BCUT2D eigenvalue weighted by Gasteiger charge is 2.56. The lowest BCUT2D eigenvalue weighted by Gasteiger charge is -2.28. The average Bonchev–Trinajstić information content (AvgIpc) is 2.98. The zero-order valence-corrected chi connectivity index (χ0v) is 14.4. The third kappa shape index (κ3) is 4.42. The van der Waals surface area contributed by atoms with Crippen molar-refractivity contribution in [3.63, 3.8) is 0 Å². The summed E-state index contributed by atoms with van der Waals surface area (Å²) in [5.74, 6) is -1.40. The molecule has 2 saturated heterocycles. The van der Waals surface area contributed by atoms with E-state index in [1.807, 2.05) is 0 Å². The standard InChI is InChI=1S/C15H26N2O7/c1-15(2)23-13-12(21-4)11(22-14(13)24-15)8(16)7-9(18)17-6-5-10(19)20-3/h8,11-14H,5-7,16H2,1-4H3,(H,17,18). The lowest BCUT2D eigenvalue weighted by molar-refractivity contribution is -0.219. The highest BCUT2D eigenvalue weighted by molar-refractivity contribution is 5.77. The molecular formula is C15H26N2O7. The van der Waals surface area contributed by atoms with Gasteiger partial charge in [0.05, 0.1) is 13.5 Å². The van der Waals surface area contributed by atoms with Crippen LogP contribution in [-0.2, 0) is 33.3 Å². The first-order valence-electron chi connectivity index (χ1n) is 7.90. The second-order valence-corrected chi connectivity index (χ2v) is 6.31. The molecule has 0 radical (unpaired) electrons. The summed E-state index contributed by atoms with van der Waals surface area (Å²) in [6, 6.07) is -0.589. The van der Waals surface area contributed by atoms with Gasteiger partial charge in [-0.3, -0.25) is 9.59 Å². The third-order valence-corrected chi connectivity index (χ3v) is 4.02. The van der Waals surface area contributed by atoms with Crippen molar-refractivity contribution in [3.05, 3.63) is 0 Å². The summed E-state index contributed by atoms with van der Waals surface area (Å²) in [4.78, 5) is 22.9. The molecule has 0 aromatic rings. The Kier molecular flexibility index (Phi) is 6.16. The van der Waals surface area contributed by atoms with Crippen LogP contribution in [0.1, 0.15) is 26.7 Å². The summed E-state index contributed by atoms with van der Waals surface area (Å²) in [6.07, 6.45) is -1.75. The zero-order valence-electron chi connectivity index (χ0n) is 14.4. The minimum atomic E-state index is -0.744. The Labute approximate surface area is 141 Å². The number of hydrogen-bond donors (Lipinski definition) is 2. The predicted octanol–water partition coefficient (Wildman–Crippen LogP) is -0.725. The predicted molar refractivity (Wildman–Crippen MR) is 81.7 cm³/mol. The molecule has 0 bridgehead atoms. The molecule has 0 aliphatic carbocycles. The van der Waals surface area contributed by atoms with Gasteiger partial charge in [-0.15, -0.1) is 0 Å². The van der Waals surface area contributed by atoms with Crippen molar-refractivity contribution >= 4 is 11.9 Å². The van der Waals surface area contributed by atoms with Gasteiger partial charge < -0.3 is 34.7 Å². The summed E-state index contributed by atoms with van der Waals surface area (Å²) in [5.41, 5.74) is 6.11. The number of esters is 1. The molecule has 2 aliphatic rings. The lowest BCUT2D eigenvalue weighted by Crippen LogP contribution is -2.48. The fourth-order valence-electron chi connectivity index (χ4n) is 2.93. The number of rotatable bonds is 7. The maximum Gasteiger partial charge on any atom is 0.307 e. The normalized spacial score (nSPS) is 32.2. The molecule has 0 spiro atoms. The van der Waals surface area contributed by atoms with Gasteiger partial charge in [-0.25, -0.2) is 0 Å². The van der Waals surface area contributed by atoms with Crippen LogP contribution in [0, 0.1) is 0 Å². The highest BCUT2D eigenvalue weighted by Crippen LogP contribution is 2.39. The number of fused-ring (bicyclic) bond motifs is 1. The van der Waals surface area contributed by atoms with Gasteiger partial charge in [0, 0.05) is 26.1 Å². The number of ether oxygens (including phenoxy) is 5. The summed E-state index contributed by atoms with van der Waals surface area (Å²) in [5, 5.41) is 2.62. The van der Waals surface area contributed by atoms with E-state index in [0.717, 1.165) is 0 Å². The van der Waals surface area contributed by atoms with E-state index in [-0.39, 0.29) is 37.4 Å². The van der Waals surface area contributed by atoms with Crippen molar-refractivity contribution in [2.24, 2.45) is 5.73 Å². The van der Waals surface area contributed by atoms with E-state index < -0.39 is 30.3 Å². The summed E-state index contributed by atoms with van der Waals surface area (Å²) < 4.78 is 27.2. The van der Waals surface area contributed by atoms with Crippen LogP contribution in [0.4, 0.5) is 0 Å². The number of carbonyl (C=O) groups is 2. The smallest absolute Gasteiger partial charge is 0.307 e. The lowest BCUT2D eigenvalue weighted by atomic mass is 10.0. The summed E-state index contributed by atoms with van der Waals surface area (Å²) in [7, 11) is 2.84. The first-order valence-corrected chi connectivity index (χ1v) is 7.90. The van der Waals surface area contributed by atoms with Gasteiger partial charge in [0.2, 0.25) is 5.91 Å². The molecular weight excluding hydrogens is 320 g/mol. The number of carbonyl (C=O) groups excluding carboxylic acids is 2. The van der Waals surface area contributed by atoms with Gasteiger partial charge >= 0.3 is 5.97 Å². The van der Waals surface area contributed by atoms with Crippen molar-refractivity contribution in [2.75, 3.05) is 20.8 Å². The minimum Gasteiger partial charge on any atom is -0.469 e. The van der Waals surface area contributed by atoms with Crippen LogP contribution in [0.15, 0.2) is 0 Å². The largest absolute Gasteiger partial charge is 0.469 e. The fraction of sp³-hybridized carbons (Fsp3) is 0.867. The van der Waals surface area contributed by atoms with Crippen LogP contribution in [0.3, 0.4) is 0 Å². The van der Waals surface area contributed by atoms with Gasteiger partial charge in [0.25, 0.3) is 0 Å². The molecule has 2 heterocycles. The Morgan fingerprint density at radius 1 is 1.29 bits per heavy atom. The Bertz CT molecular complexity index is 471. The maximum absolute atomic E-state index is 11.9. The van der Waals surface area contributed by atoms with Crippen LogP contribution in [-0.4, -0.2) is 69.1 Å². The van der Waals surface area contributed by atoms with Gasteiger partial charge in [-0.05, 0) is 13.8 Å². The number of nitrogens with two attached hydrogens (primary N) is 1. The topological polar surface area (TPSA) is 118 Å². The molecule has 2 aliphatic heterocycles. The zero-order chi connectivity index (χ0) is 17.9. The first kappa shape index (κ1) is 19.1. The van der Waals surface area contributed by atoms with E-state index >= 15 is 0 Å². The van der Waals surface area contributed by atoms with Crippen LogP contribution in [0.2, 0.25) is 0 Å². The van der Waals surface area contributed by atoms with Crippen LogP contribution < -0.4 is 11.1 Å². The average molecular weight is 346 g/mol. The van der Waals surface area contributed by atoms with E-state index in [1.54, 1.807) is 21.0 Å². The molecule has 9 heteroatoms. The quantitative estimate of drug-likeness (QED) is 0.580. The van der Waals surface area contributed by atoms with Crippen LogP contribution in [0.25, 0.3) is 0 Å². The summed E-state index contributed by atoms with van der Waals surface area (Å²) in [6.45, 7) is 3.79. The summed E-state index contributed by atoms with van der Waals surface area (Å²) >= 11 is 0. The van der Waals surface area contributed by atoms with Crippen LogP contribution in [0.5, 0.6) is 0 Å². The van der Waals surface area contributed by atoms with E-state index in [4.69, 9.17) is 24.7 Å². The first-order chi connectivity index (χ1) is 11.3. The van der Waals surface area contributed by atoms with E-state index in [9.17, 15) is 9.59 Å². The molecule has 24 heavy (non-hydrogen) atoms. The van der Waals surface area contributed by atoms with Gasteiger partial charge in [0.15, 0.2) is 12.1 Å². The molecule has 0 aromatic heterocycles. The number of methoxy groups -OCH3 is 2. The molecule has 0 aromatic carbocycles. The monoisotopic (exact) mass is 346 g/mol. The molecule has 0 saturated carbocycles. The van der Waals surface area contributed by atoms with Crippen molar-refractivity contribution in [2.45, 2.75) is 63.1 Å². The van der Waals surface area contributed by atoms with Crippen LogP contribution >= 0.6 is 0 Å². The van der Waals surface area contributed by atoms with E-state index in [2.05, 4.69) is 10.1 Å². The number of amides is 1. The SMILES string of the molecule is COC(=O)CCNC(=O)CC(N)C1OC2OC(C)(C)OC2C1OC. The minimum absolute atomic E-state index is 0.0362. The molecule has 2 rings (SSSR count). The van der Waals surface area contributed by atoms with Gasteiger partial charge in [-0.1, -0.05) is 0 Å². The number of hydrogen-bond acceptors (Lipinski definition) is 8. The Balaban J connectivity index is 1.83. The van der Waals surface area contributed by atoms with Gasteiger partial charge in [-0.2, -0.15) is 0 Å². The van der Waals surface area contributed by atoms with Crippen molar-refractivity contribution in [1.29, 1.82) is 0 Å². The maximum atomic E-state index is 11.9. The van der Waals surface area contributed by atoms with E-state index in [0.29, 0.717) is 0 Å². The van der Waals surface area contributed by atoms with Gasteiger partial charge in [0.1, 0.15) is 18.3 Å². The third-order valence-electron chi connectivity index (χ3n) is 4.02. The van der Waals surface area contributed by atoms with Crippen molar-refractivity contribution < 1.29 is 33.3 Å². The molecule has 9 nitrogen and oxygen atoms in total. The second kappa shape index (κ2) is 7.75. The Hall–Kier alpha value is -1.26. The highest BCUT2D eigenvalue weighted by atomic mass is 16.8.